The van der Waals surface area contributed by atoms with Crippen molar-refractivity contribution in [1.82, 2.24) is 10.0 Å². The number of nitrogens with zero attached hydrogens (tertiary/aromatic N) is 2. The summed E-state index contributed by atoms with van der Waals surface area (Å²) in [5, 5.41) is 3.86. The summed E-state index contributed by atoms with van der Waals surface area (Å²) in [5.41, 5.74) is 2.22. The molecule has 1 amide bonds. The maximum absolute atomic E-state index is 11.4. The largest absolute Gasteiger partial charge is 0.279 e. The Morgan fingerprint density at radius 2 is 2.21 bits per heavy atom. The highest BCUT2D eigenvalue weighted by molar-refractivity contribution is 5.75. The molecule has 0 saturated carbocycles. The van der Waals surface area contributed by atoms with E-state index in [2.05, 4.69) is 17.2 Å². The first-order valence-corrected chi connectivity index (χ1v) is 5.17. The minimum absolute atomic E-state index is 0.101. The average Bonchev–Trinajstić information content (AvgIpc) is 2.31. The van der Waals surface area contributed by atoms with Crippen LogP contribution in [0.1, 0.15) is 33.1 Å². The van der Waals surface area contributed by atoms with Crippen molar-refractivity contribution < 1.29 is 4.79 Å². The number of rotatable bonds is 0. The fourth-order valence-electron chi connectivity index (χ4n) is 2.12. The lowest BCUT2D eigenvalue weighted by Gasteiger charge is -2.30. The van der Waals surface area contributed by atoms with Crippen LogP contribution in [-0.2, 0) is 4.79 Å². The van der Waals surface area contributed by atoms with E-state index in [4.69, 9.17) is 0 Å². The SMILES string of the molecule is CC(=O)N1C(C)=CC2=CCCCCN21. The Bertz CT molecular complexity index is 317. The molecular formula is C11H16N2O. The Morgan fingerprint density at radius 3 is 2.93 bits per heavy atom. The van der Waals surface area contributed by atoms with Gasteiger partial charge in [0.05, 0.1) is 5.70 Å². The lowest BCUT2D eigenvalue weighted by Crippen LogP contribution is -2.39. The molecule has 0 bridgehead atoms. The molecule has 0 radical (unpaired) electrons. The second-order valence-electron chi connectivity index (χ2n) is 3.86. The van der Waals surface area contributed by atoms with Crippen molar-refractivity contribution in [2.24, 2.45) is 0 Å². The van der Waals surface area contributed by atoms with Crippen LogP contribution in [0.2, 0.25) is 0 Å². The van der Waals surface area contributed by atoms with Crippen LogP contribution in [0, 0.1) is 0 Å². The summed E-state index contributed by atoms with van der Waals surface area (Å²) >= 11 is 0. The Balaban J connectivity index is 2.30. The van der Waals surface area contributed by atoms with Crippen LogP contribution in [0.5, 0.6) is 0 Å². The third-order valence-corrected chi connectivity index (χ3v) is 2.71. The number of amides is 1. The summed E-state index contributed by atoms with van der Waals surface area (Å²) in [6.45, 7) is 4.56. The van der Waals surface area contributed by atoms with Gasteiger partial charge in [0.25, 0.3) is 0 Å². The molecule has 2 aliphatic rings. The number of carbonyl (C=O) groups excluding carboxylic acids is 1. The van der Waals surface area contributed by atoms with Gasteiger partial charge in [-0.25, -0.2) is 5.01 Å². The monoisotopic (exact) mass is 192 g/mol. The quantitative estimate of drug-likeness (QED) is 0.586. The van der Waals surface area contributed by atoms with E-state index in [1.165, 1.54) is 12.1 Å². The van der Waals surface area contributed by atoms with Crippen LogP contribution in [0.3, 0.4) is 0 Å². The van der Waals surface area contributed by atoms with Crippen molar-refractivity contribution in [1.29, 1.82) is 0 Å². The molecule has 0 aromatic rings. The highest BCUT2D eigenvalue weighted by atomic mass is 16.2. The van der Waals surface area contributed by atoms with Gasteiger partial charge in [-0.1, -0.05) is 6.08 Å². The lowest BCUT2D eigenvalue weighted by molar-refractivity contribution is -0.137. The van der Waals surface area contributed by atoms with Crippen LogP contribution in [0.15, 0.2) is 23.5 Å². The highest BCUT2D eigenvalue weighted by Crippen LogP contribution is 2.28. The number of hydrazine groups is 1. The van der Waals surface area contributed by atoms with Crippen molar-refractivity contribution in [3.8, 4) is 0 Å². The van der Waals surface area contributed by atoms with Gasteiger partial charge in [-0.3, -0.25) is 9.80 Å². The van der Waals surface area contributed by atoms with E-state index in [9.17, 15) is 4.79 Å². The van der Waals surface area contributed by atoms with Gasteiger partial charge in [-0.05, 0) is 32.3 Å². The van der Waals surface area contributed by atoms with E-state index in [1.807, 2.05) is 6.92 Å². The maximum atomic E-state index is 11.4. The fraction of sp³-hybridized carbons (Fsp3) is 0.545. The zero-order valence-electron chi connectivity index (χ0n) is 8.79. The van der Waals surface area contributed by atoms with Gasteiger partial charge in [0, 0.05) is 19.2 Å². The van der Waals surface area contributed by atoms with Gasteiger partial charge in [-0.15, -0.1) is 0 Å². The van der Waals surface area contributed by atoms with E-state index in [0.717, 1.165) is 25.1 Å². The first-order chi connectivity index (χ1) is 6.70. The predicted molar refractivity (Wildman–Crippen MR) is 54.9 cm³/mol. The summed E-state index contributed by atoms with van der Waals surface area (Å²) in [6.07, 6.45) is 7.82. The molecule has 2 rings (SSSR count). The van der Waals surface area contributed by atoms with Crippen molar-refractivity contribution in [3.63, 3.8) is 0 Å². The standard InChI is InChI=1S/C11H16N2O/c1-9-8-11-6-4-3-5-7-12(11)13(9)10(2)14/h6,8H,3-5,7H2,1-2H3. The van der Waals surface area contributed by atoms with E-state index in [-0.39, 0.29) is 5.91 Å². The first kappa shape index (κ1) is 9.31. The summed E-state index contributed by atoms with van der Waals surface area (Å²) in [5.74, 6) is 0.101. The first-order valence-electron chi connectivity index (χ1n) is 5.17. The van der Waals surface area contributed by atoms with Gasteiger partial charge in [0.2, 0.25) is 5.91 Å². The van der Waals surface area contributed by atoms with Crippen LogP contribution >= 0.6 is 0 Å². The molecule has 0 unspecified atom stereocenters. The van der Waals surface area contributed by atoms with Crippen molar-refractivity contribution in [2.75, 3.05) is 6.54 Å². The molecule has 0 spiro atoms. The third-order valence-electron chi connectivity index (χ3n) is 2.71. The fourth-order valence-corrected chi connectivity index (χ4v) is 2.12. The predicted octanol–water partition coefficient (Wildman–Crippen LogP) is 2.04. The molecule has 76 valence electrons. The van der Waals surface area contributed by atoms with E-state index in [1.54, 1.807) is 11.9 Å². The van der Waals surface area contributed by atoms with Crippen LogP contribution in [0.25, 0.3) is 0 Å². The molecule has 2 heterocycles. The van der Waals surface area contributed by atoms with E-state index < -0.39 is 0 Å². The normalized spacial score (nSPS) is 21.3. The molecule has 14 heavy (non-hydrogen) atoms. The molecule has 0 aromatic heterocycles. The average molecular weight is 192 g/mol. The number of carbonyl (C=O) groups is 1. The van der Waals surface area contributed by atoms with Gasteiger partial charge in [-0.2, -0.15) is 0 Å². The molecule has 0 N–H and O–H groups in total. The molecule has 0 aliphatic carbocycles. The minimum Gasteiger partial charge on any atom is -0.279 e. The van der Waals surface area contributed by atoms with Gasteiger partial charge in [0.1, 0.15) is 0 Å². The minimum atomic E-state index is 0.101. The second-order valence-corrected chi connectivity index (χ2v) is 3.86. The van der Waals surface area contributed by atoms with Crippen LogP contribution in [0.4, 0.5) is 0 Å². The molecule has 3 heteroatoms. The summed E-state index contributed by atoms with van der Waals surface area (Å²) in [7, 11) is 0. The molecule has 0 fully saturated rings. The summed E-state index contributed by atoms with van der Waals surface area (Å²) in [6, 6.07) is 0. The Labute approximate surface area is 84.6 Å². The van der Waals surface area contributed by atoms with Gasteiger partial charge in [0.15, 0.2) is 0 Å². The number of hydrogen-bond acceptors (Lipinski definition) is 2. The molecular weight excluding hydrogens is 176 g/mol. The number of fused-ring (bicyclic) bond motifs is 1. The highest BCUT2D eigenvalue weighted by Gasteiger charge is 2.27. The van der Waals surface area contributed by atoms with Gasteiger partial charge < -0.3 is 0 Å². The summed E-state index contributed by atoms with van der Waals surface area (Å²) < 4.78 is 0. The van der Waals surface area contributed by atoms with Crippen LogP contribution in [-0.4, -0.2) is 22.5 Å². The molecule has 0 aromatic carbocycles. The smallest absolute Gasteiger partial charge is 0.242 e. The Hall–Kier alpha value is -1.25. The zero-order chi connectivity index (χ0) is 10.1. The molecule has 0 saturated heterocycles. The number of allylic oxidation sites excluding steroid dienone is 3. The molecule has 0 atom stereocenters. The topological polar surface area (TPSA) is 23.6 Å². The summed E-state index contributed by atoms with van der Waals surface area (Å²) in [4.78, 5) is 11.4. The van der Waals surface area contributed by atoms with Crippen molar-refractivity contribution in [3.05, 3.63) is 23.5 Å². The third kappa shape index (κ3) is 1.43. The van der Waals surface area contributed by atoms with Crippen molar-refractivity contribution in [2.45, 2.75) is 33.1 Å². The lowest BCUT2D eigenvalue weighted by atomic mass is 10.2. The van der Waals surface area contributed by atoms with Crippen molar-refractivity contribution >= 4 is 5.91 Å². The zero-order valence-corrected chi connectivity index (χ0v) is 8.79. The number of hydrogen-bond donors (Lipinski definition) is 0. The molecule has 2 aliphatic heterocycles. The van der Waals surface area contributed by atoms with E-state index in [0.29, 0.717) is 0 Å². The molecule has 3 nitrogen and oxygen atoms in total. The second kappa shape index (κ2) is 3.48. The Kier molecular flexibility index (Phi) is 2.32. The maximum Gasteiger partial charge on any atom is 0.242 e. The van der Waals surface area contributed by atoms with Crippen LogP contribution < -0.4 is 0 Å². The van der Waals surface area contributed by atoms with E-state index >= 15 is 0 Å². The van der Waals surface area contributed by atoms with Gasteiger partial charge >= 0.3 is 0 Å². The Morgan fingerprint density at radius 1 is 1.43 bits per heavy atom.